The van der Waals surface area contributed by atoms with Gasteiger partial charge in [-0.2, -0.15) is 0 Å². The highest BCUT2D eigenvalue weighted by molar-refractivity contribution is 6.75. The molecule has 0 saturated carbocycles. The predicted molar refractivity (Wildman–Crippen MR) is 305 cm³/mol. The van der Waals surface area contributed by atoms with E-state index in [9.17, 15) is 0 Å². The molecule has 58 heavy (non-hydrogen) atoms. The molecule has 9 rings (SSSR count). The Morgan fingerprint density at radius 3 is 1.21 bits per heavy atom. The first kappa shape index (κ1) is 38.8. The van der Waals surface area contributed by atoms with Gasteiger partial charge in [-0.05, 0) is 83.9 Å². The van der Waals surface area contributed by atoms with Gasteiger partial charge in [0.2, 0.25) is 0 Å². The van der Waals surface area contributed by atoms with Gasteiger partial charge in [0.1, 0.15) is 129 Å². The number of benzene rings is 8. The highest BCUT2D eigenvalue weighted by atomic mass is 16.3. The molecule has 260 valence electrons. The Bertz CT molecular complexity index is 3260. The highest BCUT2D eigenvalue weighted by Crippen LogP contribution is 2.43. The van der Waals surface area contributed by atoms with Crippen molar-refractivity contribution in [1.82, 2.24) is 0 Å². The van der Waals surface area contributed by atoms with E-state index in [4.69, 9.17) is 4.42 Å². The van der Waals surface area contributed by atoms with Crippen LogP contribution in [0.3, 0.4) is 0 Å². The zero-order valence-corrected chi connectivity index (χ0v) is 37.3. The number of fused-ring (bicyclic) bond motifs is 6. The largest absolute Gasteiger partial charge is 0.456 e. The lowest BCUT2D eigenvalue weighted by Crippen LogP contribution is -2.53. The van der Waals surface area contributed by atoms with Gasteiger partial charge in [0.15, 0.2) is 0 Å². The maximum Gasteiger partial charge on any atom is 0.139 e. The number of rotatable bonds is 3. The van der Waals surface area contributed by atoms with Gasteiger partial charge in [-0.15, -0.1) is 38.2 Å². The lowest BCUT2D eigenvalue weighted by atomic mass is 9.56. The van der Waals surface area contributed by atoms with Crippen molar-refractivity contribution in [2.24, 2.45) is 0 Å². The smallest absolute Gasteiger partial charge is 0.139 e. The van der Waals surface area contributed by atoms with Gasteiger partial charge < -0.3 is 4.42 Å². The number of para-hydroxylation sites is 1. The average Bonchev–Trinajstić information content (AvgIpc) is 3.62. The molecule has 0 atom stereocenters. The molecule has 0 radical (unpaired) electrons. The van der Waals surface area contributed by atoms with Gasteiger partial charge in [0.25, 0.3) is 0 Å². The molecule has 0 saturated heterocycles. The van der Waals surface area contributed by atoms with Crippen LogP contribution in [-0.4, -0.2) is 118 Å². The topological polar surface area (TPSA) is 13.1 Å². The van der Waals surface area contributed by atoms with Crippen molar-refractivity contribution in [3.8, 4) is 33.4 Å². The zero-order valence-electron chi connectivity index (χ0n) is 37.3. The molecule has 1 heterocycles. The van der Waals surface area contributed by atoms with Crippen molar-refractivity contribution in [2.75, 3.05) is 0 Å². The van der Waals surface area contributed by atoms with E-state index in [1.165, 1.54) is 153 Å². The summed E-state index contributed by atoms with van der Waals surface area (Å²) in [4.78, 5) is 0. The minimum absolute atomic E-state index is 0.923. The van der Waals surface area contributed by atoms with E-state index in [0.29, 0.717) is 0 Å². The summed E-state index contributed by atoms with van der Waals surface area (Å²) in [6, 6.07) is 24.3. The second kappa shape index (κ2) is 13.7. The number of hydrogen-bond donors (Lipinski definition) is 0. The summed E-state index contributed by atoms with van der Waals surface area (Å²) in [5.41, 5.74) is 30.4. The van der Waals surface area contributed by atoms with E-state index < -0.39 is 0 Å². The minimum Gasteiger partial charge on any atom is -0.456 e. The molecule has 0 amide bonds. The molecule has 0 aliphatic rings. The average molecular weight is 724 g/mol. The zero-order chi connectivity index (χ0) is 41.4. The van der Waals surface area contributed by atoms with E-state index >= 15 is 0 Å². The van der Waals surface area contributed by atoms with Crippen LogP contribution in [0.2, 0.25) is 0 Å². The summed E-state index contributed by atoms with van der Waals surface area (Å²) < 4.78 is 6.39. The molecule has 0 aliphatic carbocycles. The highest BCUT2D eigenvalue weighted by Gasteiger charge is 2.28. The molecule has 8 aromatic carbocycles. The third kappa shape index (κ3) is 5.18. The second-order valence-corrected chi connectivity index (χ2v) is 17.6. The van der Waals surface area contributed by atoms with Crippen LogP contribution in [0.4, 0.5) is 0 Å². The first-order valence-corrected chi connectivity index (χ1v) is 21.1. The van der Waals surface area contributed by atoms with Gasteiger partial charge >= 0.3 is 0 Å². The maximum atomic E-state index is 6.39. The van der Waals surface area contributed by atoms with Crippen LogP contribution in [0.1, 0.15) is 0 Å². The Labute approximate surface area is 356 Å². The molecular formula is C42H41B15O. The van der Waals surface area contributed by atoms with Crippen molar-refractivity contribution < 1.29 is 4.42 Å². The molecule has 0 fully saturated rings. The minimum atomic E-state index is 0.923. The SMILES string of the molecule is Bc1c(B)c(B)c2c(-c3c4c(B)c(B)c(B)c(B)c4c(-c4cccc(-c5cccc6oc7ccccc7c56)c4)c4c(B)c(B)c(B)c(B)c34)c(B)c(B)c(B)c2c1B. The Kier molecular flexibility index (Phi) is 9.16. The molecule has 16 heteroatoms. The fourth-order valence-corrected chi connectivity index (χ4v) is 10.8. The third-order valence-electron chi connectivity index (χ3n) is 15.3. The van der Waals surface area contributed by atoms with Crippen molar-refractivity contribution in [1.29, 1.82) is 0 Å². The van der Waals surface area contributed by atoms with Crippen LogP contribution in [0.25, 0.3) is 87.6 Å². The lowest BCUT2D eigenvalue weighted by Gasteiger charge is -2.31. The molecule has 0 N–H and O–H groups in total. The third-order valence-corrected chi connectivity index (χ3v) is 15.3. The van der Waals surface area contributed by atoms with E-state index in [0.717, 1.165) is 16.6 Å². The van der Waals surface area contributed by atoms with E-state index in [-0.39, 0.29) is 0 Å². The second-order valence-electron chi connectivity index (χ2n) is 17.6. The quantitative estimate of drug-likeness (QED) is 0.131. The van der Waals surface area contributed by atoms with Crippen LogP contribution in [0.15, 0.2) is 71.1 Å². The number of furan rings is 1. The summed E-state index contributed by atoms with van der Waals surface area (Å²) in [5.74, 6) is 0. The van der Waals surface area contributed by atoms with Crippen LogP contribution in [0.5, 0.6) is 0 Å². The van der Waals surface area contributed by atoms with Crippen LogP contribution in [0, 0.1) is 0 Å². The van der Waals surface area contributed by atoms with Crippen molar-refractivity contribution >= 4 is 254 Å². The Hall–Kier alpha value is -4.69. The first-order valence-electron chi connectivity index (χ1n) is 21.1. The summed E-state index contributed by atoms with van der Waals surface area (Å²) in [6.07, 6.45) is 0. The van der Waals surface area contributed by atoms with Gasteiger partial charge in [-0.1, -0.05) is 92.2 Å². The van der Waals surface area contributed by atoms with Crippen LogP contribution in [-0.2, 0) is 0 Å². The Morgan fingerprint density at radius 2 is 0.672 bits per heavy atom. The van der Waals surface area contributed by atoms with E-state index in [2.05, 4.69) is 184 Å². The van der Waals surface area contributed by atoms with E-state index in [1.54, 1.807) is 0 Å². The summed E-state index contributed by atoms with van der Waals surface area (Å²) >= 11 is 0. The Morgan fingerprint density at radius 1 is 0.276 bits per heavy atom. The number of hydrogen-bond acceptors (Lipinski definition) is 1. The fraction of sp³-hybridized carbons (Fsp3) is 0. The monoisotopic (exact) mass is 726 g/mol. The molecule has 0 aliphatic heterocycles. The Balaban J connectivity index is 1.55. The predicted octanol–water partition coefficient (Wildman–Crippen LogP) is -14.1. The fourth-order valence-electron chi connectivity index (χ4n) is 10.8. The molecule has 0 unspecified atom stereocenters. The summed E-state index contributed by atoms with van der Waals surface area (Å²) in [5, 5.41) is 10.7. The van der Waals surface area contributed by atoms with Gasteiger partial charge in [0.05, 0.1) is 0 Å². The van der Waals surface area contributed by atoms with Gasteiger partial charge in [0, 0.05) is 10.8 Å². The maximum absolute atomic E-state index is 6.39. The standard InChI is InChI=1S/C42H41B15O/c43-28-21-18(13-6-3-5-12(11-13)14-8-4-10-17-19(14)15-7-1-2-9-16(15)58-17)22-24(32(47)40(55)38(53)29(22)44)20(23(21)31(46)39(54)37(28)52)25-26-27(34(49)36(51)30(25)45)35(50)42(57)41(56)33(26)48/h1-11H,43-57H2. The molecular weight excluding hydrogens is 683 g/mol. The molecule has 1 aromatic heterocycles. The van der Waals surface area contributed by atoms with Gasteiger partial charge in [-0.3, -0.25) is 0 Å². The van der Waals surface area contributed by atoms with Crippen LogP contribution >= 0.6 is 0 Å². The van der Waals surface area contributed by atoms with Crippen molar-refractivity contribution in [3.05, 3.63) is 66.7 Å². The van der Waals surface area contributed by atoms with Crippen LogP contribution < -0.4 is 81.9 Å². The molecule has 0 bridgehead atoms. The van der Waals surface area contributed by atoms with Gasteiger partial charge in [-0.25, -0.2) is 0 Å². The first-order chi connectivity index (χ1) is 27.6. The van der Waals surface area contributed by atoms with E-state index in [1.807, 2.05) is 0 Å². The molecule has 1 nitrogen and oxygen atoms in total. The molecule has 9 aromatic rings. The lowest BCUT2D eigenvalue weighted by molar-refractivity contribution is 0.669. The normalized spacial score (nSPS) is 11.8. The summed E-state index contributed by atoms with van der Waals surface area (Å²) in [6.45, 7) is 0. The summed E-state index contributed by atoms with van der Waals surface area (Å²) in [7, 11) is 35.3. The van der Waals surface area contributed by atoms with Crippen molar-refractivity contribution in [2.45, 2.75) is 0 Å². The van der Waals surface area contributed by atoms with Crippen molar-refractivity contribution in [3.63, 3.8) is 0 Å². The molecule has 0 spiro atoms.